The Balaban J connectivity index is 1.80. The normalized spacial score (nSPS) is 35.1. The lowest BCUT2D eigenvalue weighted by atomic mass is 9.73. The number of likely N-dealkylation sites (tertiary alicyclic amines) is 1. The van der Waals surface area contributed by atoms with Gasteiger partial charge in [0.15, 0.2) is 0 Å². The van der Waals surface area contributed by atoms with E-state index in [1.807, 2.05) is 0 Å². The van der Waals surface area contributed by atoms with Gasteiger partial charge in [0.2, 0.25) is 11.8 Å². The van der Waals surface area contributed by atoms with Gasteiger partial charge in [-0.3, -0.25) is 19.3 Å². The summed E-state index contributed by atoms with van der Waals surface area (Å²) in [6.45, 7) is 2.16. The van der Waals surface area contributed by atoms with Crippen molar-refractivity contribution in [2.24, 2.45) is 23.2 Å². The molecule has 1 heterocycles. The second kappa shape index (κ2) is 5.11. The number of carbonyl (C=O) groups is 3. The highest BCUT2D eigenvalue weighted by Crippen LogP contribution is 2.45. The second-order valence-corrected chi connectivity index (χ2v) is 7.20. The van der Waals surface area contributed by atoms with Gasteiger partial charge in [-0.15, -0.1) is 0 Å². The average Bonchev–Trinajstić information content (AvgIpc) is 2.94. The van der Waals surface area contributed by atoms with Crippen molar-refractivity contribution in [2.45, 2.75) is 51.9 Å². The van der Waals surface area contributed by atoms with Crippen molar-refractivity contribution >= 4 is 17.8 Å². The van der Waals surface area contributed by atoms with E-state index in [9.17, 15) is 19.5 Å². The zero-order chi connectivity index (χ0) is 15.2. The summed E-state index contributed by atoms with van der Waals surface area (Å²) in [4.78, 5) is 38.0. The third kappa shape index (κ3) is 2.27. The first-order valence-electron chi connectivity index (χ1n) is 8.03. The van der Waals surface area contributed by atoms with Crippen molar-refractivity contribution in [3.05, 3.63) is 0 Å². The maximum Gasteiger partial charge on any atom is 0.311 e. The molecule has 0 bridgehead atoms. The molecule has 1 N–H and O–H groups in total. The van der Waals surface area contributed by atoms with Crippen LogP contribution in [-0.4, -0.2) is 34.3 Å². The van der Waals surface area contributed by atoms with Crippen molar-refractivity contribution in [2.75, 3.05) is 6.54 Å². The first-order valence-corrected chi connectivity index (χ1v) is 8.03. The van der Waals surface area contributed by atoms with E-state index >= 15 is 0 Å². The Bertz CT molecular complexity index is 457. The van der Waals surface area contributed by atoms with E-state index in [1.165, 1.54) is 4.90 Å². The first kappa shape index (κ1) is 14.5. The summed E-state index contributed by atoms with van der Waals surface area (Å²) < 4.78 is 0. The number of hydrogen-bond donors (Lipinski definition) is 1. The molecule has 0 spiro atoms. The van der Waals surface area contributed by atoms with Gasteiger partial charge in [0.05, 0.1) is 17.3 Å². The molecular weight excluding hydrogens is 270 g/mol. The molecule has 1 aliphatic heterocycles. The molecule has 0 aromatic heterocycles. The van der Waals surface area contributed by atoms with Crippen LogP contribution in [0.2, 0.25) is 0 Å². The standard InChI is InChI=1S/C16H23NO4/c1-10-7-11-12(8-10)14(19)17(13(11)18)9-16(15(20)21)5-3-2-4-6-16/h10-12H,2-9H2,1H3,(H,20,21). The zero-order valence-corrected chi connectivity index (χ0v) is 12.5. The van der Waals surface area contributed by atoms with Crippen LogP contribution in [0.25, 0.3) is 0 Å². The molecule has 3 aliphatic rings. The van der Waals surface area contributed by atoms with Crippen molar-refractivity contribution in [1.82, 2.24) is 4.90 Å². The van der Waals surface area contributed by atoms with Crippen LogP contribution in [-0.2, 0) is 14.4 Å². The van der Waals surface area contributed by atoms with Crippen LogP contribution in [0, 0.1) is 23.2 Å². The fraction of sp³-hybridized carbons (Fsp3) is 0.812. The second-order valence-electron chi connectivity index (χ2n) is 7.20. The molecule has 2 atom stereocenters. The first-order chi connectivity index (χ1) is 9.94. The maximum absolute atomic E-state index is 12.5. The highest BCUT2D eigenvalue weighted by Gasteiger charge is 2.54. The Morgan fingerprint density at radius 2 is 1.67 bits per heavy atom. The van der Waals surface area contributed by atoms with Crippen LogP contribution in [0.15, 0.2) is 0 Å². The van der Waals surface area contributed by atoms with Gasteiger partial charge in [-0.25, -0.2) is 0 Å². The highest BCUT2D eigenvalue weighted by molar-refractivity contribution is 6.05. The predicted octanol–water partition coefficient (Wildman–Crippen LogP) is 2.05. The van der Waals surface area contributed by atoms with Crippen LogP contribution in [0.4, 0.5) is 0 Å². The molecule has 0 aromatic carbocycles. The summed E-state index contributed by atoms with van der Waals surface area (Å²) in [6.07, 6.45) is 5.46. The summed E-state index contributed by atoms with van der Waals surface area (Å²) in [5.74, 6) is -1.07. The number of carboxylic acid groups (broad SMARTS) is 1. The lowest BCUT2D eigenvalue weighted by Gasteiger charge is -2.36. The third-order valence-corrected chi connectivity index (χ3v) is 5.69. The Labute approximate surface area is 124 Å². The molecule has 1 saturated heterocycles. The molecule has 0 radical (unpaired) electrons. The monoisotopic (exact) mass is 293 g/mol. The van der Waals surface area contributed by atoms with E-state index in [0.29, 0.717) is 18.8 Å². The Morgan fingerprint density at radius 1 is 1.14 bits per heavy atom. The van der Waals surface area contributed by atoms with E-state index in [1.54, 1.807) is 0 Å². The molecule has 2 aliphatic carbocycles. The molecule has 5 heteroatoms. The van der Waals surface area contributed by atoms with Crippen molar-refractivity contribution in [3.63, 3.8) is 0 Å². The SMILES string of the molecule is CC1CC2C(=O)N(CC3(C(=O)O)CCCCC3)C(=O)C2C1. The minimum atomic E-state index is -0.909. The van der Waals surface area contributed by atoms with Crippen LogP contribution < -0.4 is 0 Å². The Kier molecular flexibility index (Phi) is 3.54. The molecule has 116 valence electrons. The maximum atomic E-state index is 12.5. The topological polar surface area (TPSA) is 74.7 Å². The Morgan fingerprint density at radius 3 is 2.14 bits per heavy atom. The van der Waals surface area contributed by atoms with Crippen LogP contribution in [0.3, 0.4) is 0 Å². The fourth-order valence-electron chi connectivity index (χ4n) is 4.47. The molecule has 2 saturated carbocycles. The minimum absolute atomic E-state index is 0.0847. The molecule has 3 fully saturated rings. The predicted molar refractivity (Wildman–Crippen MR) is 75.3 cm³/mol. The molecule has 3 rings (SSSR count). The van der Waals surface area contributed by atoms with Crippen LogP contribution in [0.5, 0.6) is 0 Å². The van der Waals surface area contributed by atoms with E-state index in [2.05, 4.69) is 6.92 Å². The van der Waals surface area contributed by atoms with Gasteiger partial charge in [-0.2, -0.15) is 0 Å². The number of amides is 2. The number of aliphatic carboxylic acids is 1. The van der Waals surface area contributed by atoms with Gasteiger partial charge in [0, 0.05) is 6.54 Å². The summed E-state index contributed by atoms with van der Waals surface area (Å²) in [6, 6.07) is 0. The van der Waals surface area contributed by atoms with E-state index in [-0.39, 0.29) is 30.2 Å². The lowest BCUT2D eigenvalue weighted by molar-refractivity contribution is -0.155. The zero-order valence-electron chi connectivity index (χ0n) is 12.5. The van der Waals surface area contributed by atoms with Gasteiger partial charge in [-0.05, 0) is 31.6 Å². The summed E-state index contributed by atoms with van der Waals surface area (Å²) in [5.41, 5.74) is -0.909. The van der Waals surface area contributed by atoms with E-state index in [4.69, 9.17) is 0 Å². The Hall–Kier alpha value is -1.39. The van der Waals surface area contributed by atoms with Gasteiger partial charge < -0.3 is 5.11 Å². The summed E-state index contributed by atoms with van der Waals surface area (Å²) in [5, 5.41) is 9.62. The van der Waals surface area contributed by atoms with E-state index in [0.717, 1.165) is 32.1 Å². The van der Waals surface area contributed by atoms with Crippen LogP contribution >= 0.6 is 0 Å². The molecule has 0 aromatic rings. The number of rotatable bonds is 3. The third-order valence-electron chi connectivity index (χ3n) is 5.69. The van der Waals surface area contributed by atoms with Crippen molar-refractivity contribution in [3.8, 4) is 0 Å². The van der Waals surface area contributed by atoms with E-state index < -0.39 is 11.4 Å². The number of nitrogens with zero attached hydrogens (tertiary/aromatic N) is 1. The molecular formula is C16H23NO4. The highest BCUT2D eigenvalue weighted by atomic mass is 16.4. The quantitative estimate of drug-likeness (QED) is 0.808. The van der Waals surface area contributed by atoms with Gasteiger partial charge >= 0.3 is 5.97 Å². The molecule has 2 unspecified atom stereocenters. The fourth-order valence-corrected chi connectivity index (χ4v) is 4.47. The number of imide groups is 1. The molecule has 2 amide bonds. The molecule has 5 nitrogen and oxygen atoms in total. The average molecular weight is 293 g/mol. The number of carboxylic acids is 1. The molecule has 21 heavy (non-hydrogen) atoms. The number of hydrogen-bond acceptors (Lipinski definition) is 3. The van der Waals surface area contributed by atoms with Crippen molar-refractivity contribution < 1.29 is 19.5 Å². The van der Waals surface area contributed by atoms with Gasteiger partial charge in [0.25, 0.3) is 0 Å². The van der Waals surface area contributed by atoms with Crippen molar-refractivity contribution in [1.29, 1.82) is 0 Å². The number of carbonyl (C=O) groups excluding carboxylic acids is 2. The van der Waals surface area contributed by atoms with Crippen LogP contribution in [0.1, 0.15) is 51.9 Å². The van der Waals surface area contributed by atoms with Gasteiger partial charge in [0.1, 0.15) is 0 Å². The lowest BCUT2D eigenvalue weighted by Crippen LogP contribution is -2.47. The minimum Gasteiger partial charge on any atom is -0.481 e. The summed E-state index contributed by atoms with van der Waals surface area (Å²) in [7, 11) is 0. The summed E-state index contributed by atoms with van der Waals surface area (Å²) >= 11 is 0. The van der Waals surface area contributed by atoms with Gasteiger partial charge in [-0.1, -0.05) is 26.2 Å². The smallest absolute Gasteiger partial charge is 0.311 e. The number of fused-ring (bicyclic) bond motifs is 1. The largest absolute Gasteiger partial charge is 0.481 e.